The summed E-state index contributed by atoms with van der Waals surface area (Å²) >= 11 is 3.15. The molecule has 0 aliphatic heterocycles. The number of halogens is 4. The molecule has 0 radical (unpaired) electrons. The van der Waals surface area contributed by atoms with E-state index in [2.05, 4.69) is 15.9 Å². The van der Waals surface area contributed by atoms with Gasteiger partial charge in [0, 0.05) is 15.6 Å². The van der Waals surface area contributed by atoms with Gasteiger partial charge in [0.05, 0.1) is 12.7 Å². The highest BCUT2D eigenvalue weighted by Gasteiger charge is 2.45. The first-order valence-electron chi connectivity index (χ1n) is 5.02. The molecule has 1 aliphatic carbocycles. The molecule has 0 heterocycles. The molecule has 2 N–H and O–H groups in total. The van der Waals surface area contributed by atoms with Crippen LogP contribution in [-0.2, 0) is 11.7 Å². The molecule has 6 heteroatoms. The van der Waals surface area contributed by atoms with E-state index in [9.17, 15) is 13.2 Å². The van der Waals surface area contributed by atoms with Crippen LogP contribution in [0.15, 0.2) is 16.6 Å². The second-order valence-electron chi connectivity index (χ2n) is 4.19. The predicted octanol–water partition coefficient (Wildman–Crippen LogP) is 3.42. The molecule has 1 aromatic rings. The van der Waals surface area contributed by atoms with Crippen molar-refractivity contribution >= 4 is 15.9 Å². The SMILES string of the molecule is COc1cc(C(F)(F)F)cc(Br)c1C1(N)CC1. The monoisotopic (exact) mass is 309 g/mol. The van der Waals surface area contributed by atoms with Crippen LogP contribution >= 0.6 is 15.9 Å². The standard InChI is InChI=1S/C11H11BrF3NO/c1-17-8-5-6(11(13,14)15)4-7(12)9(8)10(16)2-3-10/h4-5H,2-3,16H2,1H3. The number of rotatable bonds is 2. The molecule has 0 bridgehead atoms. The maximum atomic E-state index is 12.6. The predicted molar refractivity (Wildman–Crippen MR) is 60.8 cm³/mol. The van der Waals surface area contributed by atoms with Crippen molar-refractivity contribution < 1.29 is 17.9 Å². The van der Waals surface area contributed by atoms with Gasteiger partial charge in [0.2, 0.25) is 0 Å². The zero-order valence-corrected chi connectivity index (χ0v) is 10.7. The number of hydrogen-bond acceptors (Lipinski definition) is 2. The van der Waals surface area contributed by atoms with Gasteiger partial charge in [-0.25, -0.2) is 0 Å². The molecule has 0 aromatic heterocycles. The summed E-state index contributed by atoms with van der Waals surface area (Å²) in [4.78, 5) is 0. The Labute approximate surface area is 105 Å². The molecule has 17 heavy (non-hydrogen) atoms. The normalized spacial score (nSPS) is 18.0. The Bertz CT molecular complexity index is 455. The molecule has 0 spiro atoms. The summed E-state index contributed by atoms with van der Waals surface area (Å²) in [7, 11) is 1.34. The fraction of sp³-hybridized carbons (Fsp3) is 0.455. The van der Waals surface area contributed by atoms with E-state index in [0.717, 1.165) is 25.0 Å². The van der Waals surface area contributed by atoms with Crippen LogP contribution in [0, 0.1) is 0 Å². The van der Waals surface area contributed by atoms with Crippen LogP contribution < -0.4 is 10.5 Å². The largest absolute Gasteiger partial charge is 0.496 e. The molecule has 1 aliphatic rings. The van der Waals surface area contributed by atoms with E-state index in [1.165, 1.54) is 7.11 Å². The Hall–Kier alpha value is -0.750. The third-order valence-electron chi connectivity index (χ3n) is 2.89. The van der Waals surface area contributed by atoms with Gasteiger partial charge in [-0.2, -0.15) is 13.2 Å². The fourth-order valence-corrected chi connectivity index (χ4v) is 2.61. The van der Waals surface area contributed by atoms with Crippen molar-refractivity contribution in [3.63, 3.8) is 0 Å². The van der Waals surface area contributed by atoms with Crippen molar-refractivity contribution in [1.29, 1.82) is 0 Å². The average molecular weight is 310 g/mol. The fourth-order valence-electron chi connectivity index (χ4n) is 1.77. The van der Waals surface area contributed by atoms with Gasteiger partial charge < -0.3 is 10.5 Å². The van der Waals surface area contributed by atoms with Crippen molar-refractivity contribution in [2.24, 2.45) is 5.73 Å². The second kappa shape index (κ2) is 3.88. The van der Waals surface area contributed by atoms with E-state index < -0.39 is 17.3 Å². The van der Waals surface area contributed by atoms with Crippen LogP contribution in [0.1, 0.15) is 24.0 Å². The first kappa shape index (κ1) is 12.7. The molecule has 1 aromatic carbocycles. The lowest BCUT2D eigenvalue weighted by Crippen LogP contribution is -2.21. The molecule has 2 rings (SSSR count). The number of ether oxygens (including phenoxy) is 1. The molecule has 0 saturated heterocycles. The first-order chi connectivity index (χ1) is 7.78. The van der Waals surface area contributed by atoms with Crippen LogP contribution in [0.3, 0.4) is 0 Å². The lowest BCUT2D eigenvalue weighted by Gasteiger charge is -2.18. The second-order valence-corrected chi connectivity index (χ2v) is 5.04. The molecule has 1 saturated carbocycles. The zero-order valence-electron chi connectivity index (χ0n) is 9.07. The minimum absolute atomic E-state index is 0.187. The molecular formula is C11H11BrF3NO. The Kier molecular flexibility index (Phi) is 2.90. The van der Waals surface area contributed by atoms with E-state index in [0.29, 0.717) is 10.0 Å². The van der Waals surface area contributed by atoms with Gasteiger partial charge in [-0.3, -0.25) is 0 Å². The molecule has 0 unspecified atom stereocenters. The Balaban J connectivity index is 2.56. The number of hydrogen-bond donors (Lipinski definition) is 1. The van der Waals surface area contributed by atoms with E-state index in [1.54, 1.807) is 0 Å². The lowest BCUT2D eigenvalue weighted by atomic mass is 10.0. The van der Waals surface area contributed by atoms with Crippen molar-refractivity contribution in [1.82, 2.24) is 0 Å². The summed E-state index contributed by atoms with van der Waals surface area (Å²) in [6.45, 7) is 0. The van der Waals surface area contributed by atoms with Gasteiger partial charge in [-0.1, -0.05) is 15.9 Å². The van der Waals surface area contributed by atoms with Crippen molar-refractivity contribution in [3.8, 4) is 5.75 Å². The van der Waals surface area contributed by atoms with Gasteiger partial charge in [-0.15, -0.1) is 0 Å². The summed E-state index contributed by atoms with van der Waals surface area (Å²) in [5, 5.41) is 0. The topological polar surface area (TPSA) is 35.2 Å². The van der Waals surface area contributed by atoms with Gasteiger partial charge in [-0.05, 0) is 25.0 Å². The minimum atomic E-state index is -4.39. The van der Waals surface area contributed by atoms with Gasteiger partial charge in [0.25, 0.3) is 0 Å². The van der Waals surface area contributed by atoms with Crippen LogP contribution in [0.25, 0.3) is 0 Å². The number of alkyl halides is 3. The Morgan fingerprint density at radius 3 is 2.35 bits per heavy atom. The van der Waals surface area contributed by atoms with Gasteiger partial charge >= 0.3 is 6.18 Å². The summed E-state index contributed by atoms with van der Waals surface area (Å²) < 4.78 is 43.2. The maximum Gasteiger partial charge on any atom is 0.416 e. The average Bonchev–Trinajstić information content (AvgIpc) is 2.94. The van der Waals surface area contributed by atoms with E-state index in [4.69, 9.17) is 10.5 Å². The third kappa shape index (κ3) is 2.28. The summed E-state index contributed by atoms with van der Waals surface area (Å²) in [5.74, 6) is 0.187. The minimum Gasteiger partial charge on any atom is -0.496 e. The maximum absolute atomic E-state index is 12.6. The first-order valence-corrected chi connectivity index (χ1v) is 5.81. The van der Waals surface area contributed by atoms with E-state index in [-0.39, 0.29) is 5.75 Å². The lowest BCUT2D eigenvalue weighted by molar-refractivity contribution is -0.137. The summed E-state index contributed by atoms with van der Waals surface area (Å²) in [6.07, 6.45) is -2.87. The Morgan fingerprint density at radius 2 is 1.94 bits per heavy atom. The third-order valence-corrected chi connectivity index (χ3v) is 3.51. The summed E-state index contributed by atoms with van der Waals surface area (Å²) in [5.41, 5.74) is 5.34. The van der Waals surface area contributed by atoms with Crippen LogP contribution in [0.4, 0.5) is 13.2 Å². The number of methoxy groups -OCH3 is 1. The highest BCUT2D eigenvalue weighted by molar-refractivity contribution is 9.10. The molecule has 94 valence electrons. The van der Waals surface area contributed by atoms with Crippen LogP contribution in [0.2, 0.25) is 0 Å². The number of nitrogens with two attached hydrogens (primary N) is 1. The molecule has 0 atom stereocenters. The highest BCUT2D eigenvalue weighted by Crippen LogP contribution is 2.50. The van der Waals surface area contributed by atoms with Gasteiger partial charge in [0.1, 0.15) is 5.75 Å². The van der Waals surface area contributed by atoms with E-state index >= 15 is 0 Å². The molecule has 2 nitrogen and oxygen atoms in total. The number of benzene rings is 1. The highest BCUT2D eigenvalue weighted by atomic mass is 79.9. The Morgan fingerprint density at radius 1 is 1.35 bits per heavy atom. The van der Waals surface area contributed by atoms with Crippen LogP contribution in [-0.4, -0.2) is 7.11 Å². The van der Waals surface area contributed by atoms with Crippen molar-refractivity contribution in [2.75, 3.05) is 7.11 Å². The quantitative estimate of drug-likeness (QED) is 0.908. The van der Waals surface area contributed by atoms with Gasteiger partial charge in [0.15, 0.2) is 0 Å². The summed E-state index contributed by atoms with van der Waals surface area (Å²) in [6, 6.07) is 2.04. The molecular weight excluding hydrogens is 299 g/mol. The smallest absolute Gasteiger partial charge is 0.416 e. The zero-order chi connectivity index (χ0) is 12.8. The molecule has 0 amide bonds. The molecule has 1 fully saturated rings. The van der Waals surface area contributed by atoms with Crippen LogP contribution in [0.5, 0.6) is 5.75 Å². The van der Waals surface area contributed by atoms with E-state index in [1.807, 2.05) is 0 Å². The van der Waals surface area contributed by atoms with Crippen molar-refractivity contribution in [3.05, 3.63) is 27.7 Å². The van der Waals surface area contributed by atoms with Crippen molar-refractivity contribution in [2.45, 2.75) is 24.6 Å².